The summed E-state index contributed by atoms with van der Waals surface area (Å²) in [7, 11) is 0. The van der Waals surface area contributed by atoms with Crippen molar-refractivity contribution in [3.63, 3.8) is 0 Å². The van der Waals surface area contributed by atoms with Crippen LogP contribution in [0.1, 0.15) is 31.8 Å². The van der Waals surface area contributed by atoms with Gasteiger partial charge in [-0.25, -0.2) is 34.5 Å². The summed E-state index contributed by atoms with van der Waals surface area (Å²) in [5.41, 5.74) is 23.1. The summed E-state index contributed by atoms with van der Waals surface area (Å²) in [4.78, 5) is 60.5. The number of anilines is 6. The van der Waals surface area contributed by atoms with Gasteiger partial charge in [0.1, 0.15) is 13.2 Å². The molecule has 0 unspecified atom stereocenters. The minimum absolute atomic E-state index is 0.0735. The van der Waals surface area contributed by atoms with Crippen LogP contribution in [0.15, 0.2) is 358 Å². The van der Waals surface area contributed by atoms with Crippen LogP contribution in [0.25, 0.3) is 107 Å². The highest BCUT2D eigenvalue weighted by molar-refractivity contribution is 7.00. The van der Waals surface area contributed by atoms with E-state index in [0.717, 1.165) is 101 Å². The first kappa shape index (κ1) is 64.4. The van der Waals surface area contributed by atoms with Crippen molar-refractivity contribution >= 4 is 91.0 Å². The summed E-state index contributed by atoms with van der Waals surface area (Å²) < 4.78 is 14.1. The molecule has 5 heterocycles. The molecule has 0 saturated heterocycles. The molecule has 12 nitrogen and oxygen atoms in total. The molecule has 0 spiro atoms. The van der Waals surface area contributed by atoms with E-state index >= 15 is 0 Å². The lowest BCUT2D eigenvalue weighted by molar-refractivity contribution is 0.0464. The standard InChI is InChI=1S/C95H63BN8O4/c105-94(107-60-62-26-8-1-9-27-62)70-49-53-82-75(57-70)76-58-71(95(106)108-61-63-28-10-2-11-29-63)50-54-83(76)104(82)84-52-48-69(92-97-80(65-30-12-3-13-31-65)59-81(98-92)66-32-14-4-15-33-66)56-77(84)93-100-90(67-34-16-5-17-35-67)99-91(101-93)68-46-44-64(45-47-68)74-51-55-87-88-89(74)103(73-38-20-7-21-39-73)86-43-25-23-41-79(86)96(88)78-40-22-24-42-85(78)102(87)72-36-18-6-19-37-72/h1-59H,60-61H2. The fourth-order valence-corrected chi connectivity index (χ4v) is 15.3. The zero-order valence-electron chi connectivity index (χ0n) is 58.3. The summed E-state index contributed by atoms with van der Waals surface area (Å²) in [5.74, 6) is 0.749. The van der Waals surface area contributed by atoms with Gasteiger partial charge in [0.2, 0.25) is 0 Å². The highest BCUT2D eigenvalue weighted by Crippen LogP contribution is 2.49. The van der Waals surface area contributed by atoms with Crippen molar-refractivity contribution in [2.75, 3.05) is 9.80 Å². The summed E-state index contributed by atoms with van der Waals surface area (Å²) in [6, 6.07) is 121. The molecule has 0 fully saturated rings. The van der Waals surface area contributed by atoms with E-state index in [1.807, 2.05) is 164 Å². The number of benzene rings is 14. The van der Waals surface area contributed by atoms with Gasteiger partial charge in [-0.3, -0.25) is 0 Å². The molecule has 0 bridgehead atoms. The number of para-hydroxylation sites is 4. The average Bonchev–Trinajstić information content (AvgIpc) is 0.842. The zero-order valence-corrected chi connectivity index (χ0v) is 58.3. The molecule has 0 aliphatic carbocycles. The second kappa shape index (κ2) is 27.6. The minimum Gasteiger partial charge on any atom is -0.457 e. The Morgan fingerprint density at radius 3 is 1.24 bits per heavy atom. The van der Waals surface area contributed by atoms with Crippen LogP contribution in [0.4, 0.5) is 34.1 Å². The Kier molecular flexibility index (Phi) is 16.5. The van der Waals surface area contributed by atoms with Crippen LogP contribution in [0.3, 0.4) is 0 Å². The number of fused-ring (bicyclic) bond motifs is 7. The van der Waals surface area contributed by atoms with Gasteiger partial charge in [-0.2, -0.15) is 0 Å². The maximum atomic E-state index is 14.3. The van der Waals surface area contributed by atoms with E-state index in [4.69, 9.17) is 34.4 Å². The number of hydrogen-bond acceptors (Lipinski definition) is 11. The van der Waals surface area contributed by atoms with Gasteiger partial charge in [-0.1, -0.05) is 255 Å². The normalized spacial score (nSPS) is 12.0. The summed E-state index contributed by atoms with van der Waals surface area (Å²) in [6.07, 6.45) is 0. The van der Waals surface area contributed by atoms with Gasteiger partial charge < -0.3 is 23.8 Å². The van der Waals surface area contributed by atoms with Crippen LogP contribution in [0, 0.1) is 0 Å². The molecule has 0 N–H and O–H groups in total. The Morgan fingerprint density at radius 1 is 0.306 bits per heavy atom. The van der Waals surface area contributed by atoms with E-state index in [9.17, 15) is 9.59 Å². The van der Waals surface area contributed by atoms with Crippen molar-refractivity contribution in [3.8, 4) is 84.9 Å². The third-order valence-corrected chi connectivity index (χ3v) is 20.3. The quantitative estimate of drug-likeness (QED) is 0.0677. The molecular weight excluding hydrogens is 1330 g/mol. The lowest BCUT2D eigenvalue weighted by Gasteiger charge is -2.45. The number of esters is 2. The summed E-state index contributed by atoms with van der Waals surface area (Å²) in [5, 5.41) is 1.38. The predicted octanol–water partition coefficient (Wildman–Crippen LogP) is 20.2. The Hall–Kier alpha value is -14.4. The van der Waals surface area contributed by atoms with E-state index in [2.05, 4.69) is 196 Å². The summed E-state index contributed by atoms with van der Waals surface area (Å²) in [6.45, 7) is 0.100. The largest absolute Gasteiger partial charge is 0.457 e. The lowest BCUT2D eigenvalue weighted by atomic mass is 9.33. The van der Waals surface area contributed by atoms with Crippen molar-refractivity contribution in [2.45, 2.75) is 13.2 Å². The van der Waals surface area contributed by atoms with Gasteiger partial charge >= 0.3 is 11.9 Å². The monoisotopic (exact) mass is 1390 g/mol. The van der Waals surface area contributed by atoms with Crippen LogP contribution in [-0.2, 0) is 22.7 Å². The fraction of sp³-hybridized carbons (Fsp3) is 0.0211. The molecule has 14 aromatic carbocycles. The van der Waals surface area contributed by atoms with Crippen molar-refractivity contribution < 1.29 is 19.1 Å². The fourth-order valence-electron chi connectivity index (χ4n) is 15.3. The maximum Gasteiger partial charge on any atom is 0.338 e. The van der Waals surface area contributed by atoms with Crippen molar-refractivity contribution in [1.29, 1.82) is 0 Å². The topological polar surface area (TPSA) is 128 Å². The molecule has 510 valence electrons. The molecule has 0 saturated carbocycles. The van der Waals surface area contributed by atoms with Gasteiger partial charge in [0, 0.05) is 78.2 Å². The Bertz CT molecular complexity index is 6110. The third kappa shape index (κ3) is 11.9. The molecular formula is C95H63BN8O4. The highest BCUT2D eigenvalue weighted by Gasteiger charge is 2.44. The van der Waals surface area contributed by atoms with Gasteiger partial charge in [0.25, 0.3) is 6.71 Å². The predicted molar refractivity (Wildman–Crippen MR) is 433 cm³/mol. The molecule has 19 rings (SSSR count). The minimum atomic E-state index is -0.496. The second-order valence-corrected chi connectivity index (χ2v) is 26.9. The van der Waals surface area contributed by atoms with Crippen LogP contribution < -0.4 is 26.2 Å². The Labute approximate surface area is 623 Å². The van der Waals surface area contributed by atoms with Crippen LogP contribution >= 0.6 is 0 Å². The van der Waals surface area contributed by atoms with Gasteiger partial charge in [-0.15, -0.1) is 0 Å². The van der Waals surface area contributed by atoms with Crippen LogP contribution in [-0.4, -0.2) is 48.1 Å². The van der Waals surface area contributed by atoms with Gasteiger partial charge in [0.05, 0.1) is 44.9 Å². The molecule has 17 aromatic rings. The third-order valence-electron chi connectivity index (χ3n) is 20.3. The smallest absolute Gasteiger partial charge is 0.338 e. The van der Waals surface area contributed by atoms with Crippen LogP contribution in [0.2, 0.25) is 0 Å². The number of aromatic nitrogens is 6. The molecule has 0 amide bonds. The van der Waals surface area contributed by atoms with E-state index in [0.29, 0.717) is 62.0 Å². The summed E-state index contributed by atoms with van der Waals surface area (Å²) >= 11 is 0. The lowest BCUT2D eigenvalue weighted by Crippen LogP contribution is -2.61. The molecule has 3 aromatic heterocycles. The number of carbonyl (C=O) groups excluding carboxylic acids is 2. The first-order valence-corrected chi connectivity index (χ1v) is 36.0. The highest BCUT2D eigenvalue weighted by atomic mass is 16.5. The Morgan fingerprint density at radius 2 is 0.713 bits per heavy atom. The van der Waals surface area contributed by atoms with Crippen LogP contribution in [0.5, 0.6) is 0 Å². The first-order chi connectivity index (χ1) is 53.4. The molecule has 0 radical (unpaired) electrons. The molecule has 0 atom stereocenters. The number of hydrogen-bond donors (Lipinski definition) is 0. The maximum absolute atomic E-state index is 14.3. The Balaban J connectivity index is 0.806. The molecule has 108 heavy (non-hydrogen) atoms. The van der Waals surface area contributed by atoms with Crippen molar-refractivity contribution in [2.24, 2.45) is 0 Å². The van der Waals surface area contributed by atoms with E-state index in [1.54, 1.807) is 12.1 Å². The molecule has 2 aliphatic rings. The average molecular weight is 1390 g/mol. The molecule has 13 heteroatoms. The first-order valence-electron chi connectivity index (χ1n) is 36.0. The SMILES string of the molecule is O=C(OCc1ccccc1)c1ccc2c(c1)c1cc(C(=O)OCc3ccccc3)ccc1n2-c1ccc(-c2nc(-c3ccccc3)cc(-c3ccccc3)n2)cc1-c1nc(-c2ccccc2)nc(-c2ccc(-c3ccc4c5c3N(c3ccccc3)c3ccccc3B5c3ccccc3N4c3ccccc3)cc2)n1. The van der Waals surface area contributed by atoms with E-state index in [-0.39, 0.29) is 19.9 Å². The number of carbonyl (C=O) groups is 2. The number of nitrogens with zero attached hydrogens (tertiary/aromatic N) is 8. The van der Waals surface area contributed by atoms with Gasteiger partial charge in [0.15, 0.2) is 23.3 Å². The van der Waals surface area contributed by atoms with Crippen molar-refractivity contribution in [3.05, 3.63) is 380 Å². The second-order valence-electron chi connectivity index (χ2n) is 26.9. The van der Waals surface area contributed by atoms with E-state index in [1.165, 1.54) is 16.4 Å². The van der Waals surface area contributed by atoms with Crippen molar-refractivity contribution in [1.82, 2.24) is 29.5 Å². The van der Waals surface area contributed by atoms with E-state index < -0.39 is 11.9 Å². The number of ether oxygens (including phenoxy) is 2. The number of rotatable bonds is 16. The van der Waals surface area contributed by atoms with Gasteiger partial charge in [-0.05, 0) is 136 Å². The zero-order chi connectivity index (χ0) is 72.0. The molecule has 2 aliphatic heterocycles.